The second-order valence-electron chi connectivity index (χ2n) is 3.09. The number of halogens is 1. The summed E-state index contributed by atoms with van der Waals surface area (Å²) < 4.78 is 13.1. The molecule has 0 aliphatic carbocycles. The Bertz CT molecular complexity index is 506. The number of hydrogen-bond donors (Lipinski definition) is 1. The molecule has 0 saturated carbocycles. The fourth-order valence-electron chi connectivity index (χ4n) is 1.11. The lowest BCUT2D eigenvalue weighted by Gasteiger charge is -1.98. The molecule has 1 amide bonds. The van der Waals surface area contributed by atoms with Gasteiger partial charge in [0.2, 0.25) is 5.91 Å². The van der Waals surface area contributed by atoms with Crippen molar-refractivity contribution in [3.8, 4) is 17.9 Å². The molecule has 0 fully saturated rings. The Morgan fingerprint density at radius 3 is 2.88 bits per heavy atom. The zero-order valence-electron chi connectivity index (χ0n) is 8.46. The molecule has 1 rings (SSSR count). The van der Waals surface area contributed by atoms with Crippen molar-refractivity contribution in [1.29, 1.82) is 5.26 Å². The van der Waals surface area contributed by atoms with Crippen LogP contribution in [0.3, 0.4) is 0 Å². The van der Waals surface area contributed by atoms with E-state index in [-0.39, 0.29) is 12.8 Å². The van der Waals surface area contributed by atoms with Gasteiger partial charge < -0.3 is 5.73 Å². The van der Waals surface area contributed by atoms with Gasteiger partial charge >= 0.3 is 0 Å². The SMILES string of the molecule is N#CCc1cc(C#CCC(N)=O)ccc1F. The molecule has 0 radical (unpaired) electrons. The second-order valence-corrected chi connectivity index (χ2v) is 3.09. The number of carbonyl (C=O) groups excluding carboxylic acids is 1. The summed E-state index contributed by atoms with van der Waals surface area (Å²) in [6.45, 7) is 0. The quantitative estimate of drug-likeness (QED) is 0.753. The third kappa shape index (κ3) is 3.43. The van der Waals surface area contributed by atoms with Gasteiger partial charge in [0.1, 0.15) is 5.82 Å². The van der Waals surface area contributed by atoms with Crippen LogP contribution in [0.15, 0.2) is 18.2 Å². The lowest BCUT2D eigenvalue weighted by Crippen LogP contribution is -2.08. The lowest BCUT2D eigenvalue weighted by atomic mass is 10.1. The van der Waals surface area contributed by atoms with Gasteiger partial charge in [-0.25, -0.2) is 4.39 Å². The number of primary amides is 1. The van der Waals surface area contributed by atoms with Crippen molar-refractivity contribution < 1.29 is 9.18 Å². The van der Waals surface area contributed by atoms with Crippen LogP contribution in [0.2, 0.25) is 0 Å². The van der Waals surface area contributed by atoms with Crippen molar-refractivity contribution in [3.63, 3.8) is 0 Å². The van der Waals surface area contributed by atoms with E-state index in [1.165, 1.54) is 18.2 Å². The smallest absolute Gasteiger partial charge is 0.229 e. The van der Waals surface area contributed by atoms with Crippen molar-refractivity contribution >= 4 is 5.91 Å². The van der Waals surface area contributed by atoms with Crippen LogP contribution in [0, 0.1) is 29.0 Å². The molecular weight excluding hydrogens is 207 g/mol. The maximum atomic E-state index is 13.1. The highest BCUT2D eigenvalue weighted by Crippen LogP contribution is 2.10. The zero-order valence-corrected chi connectivity index (χ0v) is 8.46. The third-order valence-corrected chi connectivity index (χ3v) is 1.81. The number of hydrogen-bond acceptors (Lipinski definition) is 2. The third-order valence-electron chi connectivity index (χ3n) is 1.81. The van der Waals surface area contributed by atoms with Crippen molar-refractivity contribution in [3.05, 3.63) is 35.1 Å². The van der Waals surface area contributed by atoms with Crippen LogP contribution < -0.4 is 5.73 Å². The van der Waals surface area contributed by atoms with Gasteiger partial charge in [0, 0.05) is 11.1 Å². The predicted molar refractivity (Wildman–Crippen MR) is 56.4 cm³/mol. The minimum absolute atomic E-state index is 0.00280. The van der Waals surface area contributed by atoms with E-state index in [4.69, 9.17) is 11.0 Å². The Hall–Kier alpha value is -2.33. The number of carbonyl (C=O) groups is 1. The molecule has 0 heterocycles. The summed E-state index contributed by atoms with van der Waals surface area (Å²) in [5.41, 5.74) is 5.78. The monoisotopic (exact) mass is 216 g/mol. The molecule has 0 saturated heterocycles. The summed E-state index contributed by atoms with van der Waals surface area (Å²) in [6, 6.07) is 6.10. The van der Waals surface area contributed by atoms with Gasteiger partial charge in [-0.05, 0) is 18.2 Å². The zero-order chi connectivity index (χ0) is 12.0. The predicted octanol–water partition coefficient (Wildman–Crippen LogP) is 1.12. The van der Waals surface area contributed by atoms with Crippen LogP contribution in [0.5, 0.6) is 0 Å². The number of nitrogens with two attached hydrogens (primary N) is 1. The van der Waals surface area contributed by atoms with Gasteiger partial charge in [0.25, 0.3) is 0 Å². The van der Waals surface area contributed by atoms with Crippen molar-refractivity contribution in [2.24, 2.45) is 5.73 Å². The Kier molecular flexibility index (Phi) is 4.06. The fourth-order valence-corrected chi connectivity index (χ4v) is 1.11. The van der Waals surface area contributed by atoms with Crippen LogP contribution in [-0.4, -0.2) is 5.91 Å². The van der Waals surface area contributed by atoms with Crippen LogP contribution in [0.25, 0.3) is 0 Å². The van der Waals surface area contributed by atoms with Gasteiger partial charge in [0.15, 0.2) is 0 Å². The maximum absolute atomic E-state index is 13.1. The second kappa shape index (κ2) is 5.53. The van der Waals surface area contributed by atoms with E-state index in [1.54, 1.807) is 0 Å². The standard InChI is InChI=1S/C12H9FN2O/c13-11-5-4-9(2-1-3-12(15)16)8-10(11)6-7-14/h4-5,8H,3,6H2,(H2,15,16). The molecule has 0 spiro atoms. The molecule has 2 N–H and O–H groups in total. The summed E-state index contributed by atoms with van der Waals surface area (Å²) in [6.07, 6.45) is -0.0396. The first-order valence-electron chi connectivity index (χ1n) is 4.56. The molecule has 1 aromatic carbocycles. The minimum Gasteiger partial charge on any atom is -0.369 e. The van der Waals surface area contributed by atoms with Crippen molar-refractivity contribution in [2.45, 2.75) is 12.8 Å². The topological polar surface area (TPSA) is 66.9 Å². The minimum atomic E-state index is -0.508. The molecule has 3 nitrogen and oxygen atoms in total. The number of nitriles is 1. The van der Waals surface area contributed by atoms with E-state index >= 15 is 0 Å². The van der Waals surface area contributed by atoms with E-state index in [2.05, 4.69) is 11.8 Å². The Labute approximate surface area is 92.7 Å². The first kappa shape index (κ1) is 11.7. The highest BCUT2D eigenvalue weighted by Gasteiger charge is 2.01. The van der Waals surface area contributed by atoms with Crippen molar-refractivity contribution in [2.75, 3.05) is 0 Å². The summed E-state index contributed by atoms with van der Waals surface area (Å²) in [4.78, 5) is 10.4. The summed E-state index contributed by atoms with van der Waals surface area (Å²) in [5.74, 6) is 4.30. The van der Waals surface area contributed by atoms with E-state index in [1.807, 2.05) is 6.07 Å². The summed E-state index contributed by atoms with van der Waals surface area (Å²) in [5, 5.41) is 8.47. The highest BCUT2D eigenvalue weighted by molar-refractivity contribution is 5.76. The summed E-state index contributed by atoms with van der Waals surface area (Å²) >= 11 is 0. The van der Waals surface area contributed by atoms with Crippen LogP contribution in [0.1, 0.15) is 17.5 Å². The average Bonchev–Trinajstić information content (AvgIpc) is 2.22. The molecule has 0 atom stereocenters. The molecular formula is C12H9FN2O. The molecule has 0 unspecified atom stereocenters. The average molecular weight is 216 g/mol. The van der Waals surface area contributed by atoms with E-state index < -0.39 is 11.7 Å². The molecule has 0 aromatic heterocycles. The molecule has 80 valence electrons. The molecule has 4 heteroatoms. The number of amides is 1. The van der Waals surface area contributed by atoms with Crippen LogP contribution in [0.4, 0.5) is 4.39 Å². The largest absolute Gasteiger partial charge is 0.369 e. The molecule has 1 aromatic rings. The first-order chi connectivity index (χ1) is 7.63. The molecule has 0 aliphatic heterocycles. The Morgan fingerprint density at radius 1 is 1.50 bits per heavy atom. The van der Waals surface area contributed by atoms with Gasteiger partial charge in [-0.3, -0.25) is 4.79 Å². The fraction of sp³-hybridized carbons (Fsp3) is 0.167. The highest BCUT2D eigenvalue weighted by atomic mass is 19.1. The van der Waals surface area contributed by atoms with Gasteiger partial charge in [0.05, 0.1) is 18.9 Å². The van der Waals surface area contributed by atoms with E-state index in [0.29, 0.717) is 11.1 Å². The molecule has 0 aliphatic rings. The first-order valence-corrected chi connectivity index (χ1v) is 4.56. The van der Waals surface area contributed by atoms with Gasteiger partial charge in [-0.1, -0.05) is 11.8 Å². The van der Waals surface area contributed by atoms with E-state index in [0.717, 1.165) is 0 Å². The normalized spacial score (nSPS) is 8.75. The van der Waals surface area contributed by atoms with Gasteiger partial charge in [-0.15, -0.1) is 0 Å². The Balaban J connectivity index is 2.89. The van der Waals surface area contributed by atoms with Crippen LogP contribution >= 0.6 is 0 Å². The molecule has 0 bridgehead atoms. The van der Waals surface area contributed by atoms with E-state index in [9.17, 15) is 9.18 Å². The number of rotatable bonds is 2. The van der Waals surface area contributed by atoms with Crippen molar-refractivity contribution in [1.82, 2.24) is 0 Å². The lowest BCUT2D eigenvalue weighted by molar-refractivity contribution is -0.117. The number of nitrogens with zero attached hydrogens (tertiary/aromatic N) is 1. The Morgan fingerprint density at radius 2 is 2.25 bits per heavy atom. The van der Waals surface area contributed by atoms with Crippen LogP contribution in [-0.2, 0) is 11.2 Å². The molecule has 16 heavy (non-hydrogen) atoms. The van der Waals surface area contributed by atoms with Gasteiger partial charge in [-0.2, -0.15) is 5.26 Å². The summed E-state index contributed by atoms with van der Waals surface area (Å²) in [7, 11) is 0. The maximum Gasteiger partial charge on any atom is 0.229 e. The number of benzene rings is 1.